The summed E-state index contributed by atoms with van der Waals surface area (Å²) in [7, 11) is 1.68. The Bertz CT molecular complexity index is 483. The first-order valence-electron chi connectivity index (χ1n) is 5.65. The molecule has 96 valence electrons. The Morgan fingerprint density at radius 3 is 2.94 bits per heavy atom. The highest BCUT2D eigenvalue weighted by molar-refractivity contribution is 6.30. The Hall–Kier alpha value is -1.43. The van der Waals surface area contributed by atoms with Crippen molar-refractivity contribution in [1.82, 2.24) is 20.3 Å². The summed E-state index contributed by atoms with van der Waals surface area (Å²) >= 11 is 5.79. The van der Waals surface area contributed by atoms with E-state index in [2.05, 4.69) is 20.3 Å². The Labute approximate surface area is 111 Å². The third-order valence-corrected chi connectivity index (χ3v) is 2.62. The molecule has 0 aromatic carbocycles. The van der Waals surface area contributed by atoms with Gasteiger partial charge in [-0.3, -0.25) is 4.98 Å². The molecular formula is C12H15ClN4O. The number of imidazole rings is 1. The molecule has 2 rings (SSSR count). The highest BCUT2D eigenvalue weighted by Crippen LogP contribution is 2.15. The van der Waals surface area contributed by atoms with E-state index in [1.54, 1.807) is 25.6 Å². The van der Waals surface area contributed by atoms with Gasteiger partial charge >= 0.3 is 0 Å². The summed E-state index contributed by atoms with van der Waals surface area (Å²) < 4.78 is 4.95. The molecule has 0 bridgehead atoms. The van der Waals surface area contributed by atoms with Gasteiger partial charge in [-0.25, -0.2) is 4.98 Å². The van der Waals surface area contributed by atoms with Gasteiger partial charge in [0.2, 0.25) is 0 Å². The zero-order valence-electron chi connectivity index (χ0n) is 10.1. The lowest BCUT2D eigenvalue weighted by atomic mass is 10.3. The SMILES string of the molecule is COCCNCc1cnc(-c2ccc(Cl)cn2)[nH]1. The van der Waals surface area contributed by atoms with E-state index in [1.807, 2.05) is 6.07 Å². The molecule has 0 fully saturated rings. The molecule has 0 amide bonds. The predicted molar refractivity (Wildman–Crippen MR) is 70.4 cm³/mol. The summed E-state index contributed by atoms with van der Waals surface area (Å²) in [6.07, 6.45) is 3.40. The smallest absolute Gasteiger partial charge is 0.156 e. The van der Waals surface area contributed by atoms with Crippen molar-refractivity contribution in [2.45, 2.75) is 6.54 Å². The van der Waals surface area contributed by atoms with Crippen molar-refractivity contribution in [3.8, 4) is 11.5 Å². The van der Waals surface area contributed by atoms with Gasteiger partial charge in [0, 0.05) is 32.1 Å². The maximum Gasteiger partial charge on any atom is 0.156 e. The second-order valence-electron chi connectivity index (χ2n) is 3.79. The van der Waals surface area contributed by atoms with E-state index >= 15 is 0 Å². The van der Waals surface area contributed by atoms with Crippen LogP contribution in [0.1, 0.15) is 5.69 Å². The van der Waals surface area contributed by atoms with Crippen molar-refractivity contribution >= 4 is 11.6 Å². The number of rotatable bonds is 6. The van der Waals surface area contributed by atoms with Crippen LogP contribution in [0, 0.1) is 0 Å². The topological polar surface area (TPSA) is 62.8 Å². The third kappa shape index (κ3) is 3.53. The van der Waals surface area contributed by atoms with Crippen LogP contribution in [0.4, 0.5) is 0 Å². The zero-order chi connectivity index (χ0) is 12.8. The minimum Gasteiger partial charge on any atom is -0.383 e. The fourth-order valence-electron chi connectivity index (χ4n) is 1.49. The number of pyridine rings is 1. The molecule has 6 heteroatoms. The molecule has 2 aromatic rings. The Balaban J connectivity index is 1.95. The summed E-state index contributed by atoms with van der Waals surface area (Å²) in [4.78, 5) is 11.7. The average molecular weight is 267 g/mol. The number of H-pyrrole nitrogens is 1. The molecule has 2 heterocycles. The van der Waals surface area contributed by atoms with E-state index in [9.17, 15) is 0 Å². The molecule has 5 nitrogen and oxygen atoms in total. The second kappa shape index (κ2) is 6.49. The highest BCUT2D eigenvalue weighted by atomic mass is 35.5. The molecule has 0 atom stereocenters. The first-order valence-corrected chi connectivity index (χ1v) is 6.03. The minimum absolute atomic E-state index is 0.617. The van der Waals surface area contributed by atoms with Crippen LogP contribution in [0.25, 0.3) is 11.5 Å². The van der Waals surface area contributed by atoms with E-state index in [0.717, 1.165) is 30.3 Å². The summed E-state index contributed by atoms with van der Waals surface area (Å²) in [5.74, 6) is 0.746. The van der Waals surface area contributed by atoms with E-state index in [4.69, 9.17) is 16.3 Å². The quantitative estimate of drug-likeness (QED) is 0.784. The molecule has 2 N–H and O–H groups in total. The average Bonchev–Trinajstić information content (AvgIpc) is 2.84. The summed E-state index contributed by atoms with van der Waals surface area (Å²) in [6.45, 7) is 2.23. The molecule has 0 radical (unpaired) electrons. The number of nitrogens with zero attached hydrogens (tertiary/aromatic N) is 2. The van der Waals surface area contributed by atoms with E-state index < -0.39 is 0 Å². The number of halogens is 1. The van der Waals surface area contributed by atoms with Crippen molar-refractivity contribution < 1.29 is 4.74 Å². The van der Waals surface area contributed by atoms with Gasteiger partial charge in [0.25, 0.3) is 0 Å². The van der Waals surface area contributed by atoms with Gasteiger partial charge < -0.3 is 15.0 Å². The summed E-state index contributed by atoms with van der Waals surface area (Å²) in [5.41, 5.74) is 1.79. The second-order valence-corrected chi connectivity index (χ2v) is 4.22. The lowest BCUT2D eigenvalue weighted by Gasteiger charge is -2.01. The van der Waals surface area contributed by atoms with Crippen LogP contribution in [0.15, 0.2) is 24.5 Å². The molecule has 2 aromatic heterocycles. The van der Waals surface area contributed by atoms with Crippen molar-refractivity contribution in [1.29, 1.82) is 0 Å². The lowest BCUT2D eigenvalue weighted by molar-refractivity contribution is 0.199. The van der Waals surface area contributed by atoms with Crippen molar-refractivity contribution in [2.75, 3.05) is 20.3 Å². The molecule has 0 aliphatic rings. The Morgan fingerprint density at radius 1 is 1.33 bits per heavy atom. The maximum atomic E-state index is 5.79. The van der Waals surface area contributed by atoms with Crippen LogP contribution in [-0.4, -0.2) is 35.2 Å². The molecule has 18 heavy (non-hydrogen) atoms. The standard InChI is InChI=1S/C12H15ClN4O/c1-18-5-4-14-7-10-8-16-12(17-10)11-3-2-9(13)6-15-11/h2-3,6,8,14H,4-5,7H2,1H3,(H,16,17). The number of nitrogens with one attached hydrogen (secondary N) is 2. The molecule has 0 spiro atoms. The van der Waals surface area contributed by atoms with E-state index in [-0.39, 0.29) is 0 Å². The summed E-state index contributed by atoms with van der Waals surface area (Å²) in [5, 5.41) is 3.86. The lowest BCUT2D eigenvalue weighted by Crippen LogP contribution is -2.18. The first kappa shape index (κ1) is 13.0. The van der Waals surface area contributed by atoms with Crippen LogP contribution >= 0.6 is 11.6 Å². The maximum absolute atomic E-state index is 5.79. The number of methoxy groups -OCH3 is 1. The number of hydrogen-bond acceptors (Lipinski definition) is 4. The predicted octanol–water partition coefficient (Wildman–Crippen LogP) is 1.86. The molecule has 0 saturated heterocycles. The number of aromatic amines is 1. The molecule has 0 unspecified atom stereocenters. The van der Waals surface area contributed by atoms with Crippen LogP contribution in [0.2, 0.25) is 5.02 Å². The number of aromatic nitrogens is 3. The fraction of sp³-hybridized carbons (Fsp3) is 0.333. The van der Waals surface area contributed by atoms with Gasteiger partial charge in [-0.05, 0) is 12.1 Å². The van der Waals surface area contributed by atoms with E-state index in [0.29, 0.717) is 11.6 Å². The highest BCUT2D eigenvalue weighted by Gasteiger charge is 2.04. The van der Waals surface area contributed by atoms with Gasteiger partial charge in [-0.15, -0.1) is 0 Å². The monoisotopic (exact) mass is 266 g/mol. The van der Waals surface area contributed by atoms with Crippen molar-refractivity contribution in [2.24, 2.45) is 0 Å². The summed E-state index contributed by atoms with van der Waals surface area (Å²) in [6, 6.07) is 3.63. The number of ether oxygens (including phenoxy) is 1. The largest absolute Gasteiger partial charge is 0.383 e. The van der Waals surface area contributed by atoms with Crippen LogP contribution in [0.5, 0.6) is 0 Å². The third-order valence-electron chi connectivity index (χ3n) is 2.40. The zero-order valence-corrected chi connectivity index (χ0v) is 10.9. The van der Waals surface area contributed by atoms with Crippen LogP contribution in [0.3, 0.4) is 0 Å². The molecule has 0 saturated carbocycles. The van der Waals surface area contributed by atoms with Gasteiger partial charge in [-0.1, -0.05) is 11.6 Å². The Morgan fingerprint density at radius 2 is 2.22 bits per heavy atom. The molecule has 0 aliphatic carbocycles. The Kier molecular flexibility index (Phi) is 4.69. The number of hydrogen-bond donors (Lipinski definition) is 2. The minimum atomic E-state index is 0.617. The fourth-order valence-corrected chi connectivity index (χ4v) is 1.60. The first-order chi connectivity index (χ1) is 8.79. The van der Waals surface area contributed by atoms with Crippen LogP contribution < -0.4 is 5.32 Å². The normalized spacial score (nSPS) is 10.8. The van der Waals surface area contributed by atoms with E-state index in [1.165, 1.54) is 0 Å². The molecular weight excluding hydrogens is 252 g/mol. The van der Waals surface area contributed by atoms with Crippen molar-refractivity contribution in [3.05, 3.63) is 35.2 Å². The van der Waals surface area contributed by atoms with Gasteiger partial charge in [-0.2, -0.15) is 0 Å². The molecule has 0 aliphatic heterocycles. The van der Waals surface area contributed by atoms with Gasteiger partial charge in [0.15, 0.2) is 5.82 Å². The van der Waals surface area contributed by atoms with Crippen LogP contribution in [-0.2, 0) is 11.3 Å². The van der Waals surface area contributed by atoms with Crippen molar-refractivity contribution in [3.63, 3.8) is 0 Å². The van der Waals surface area contributed by atoms with Gasteiger partial charge in [0.1, 0.15) is 5.69 Å². The van der Waals surface area contributed by atoms with Gasteiger partial charge in [0.05, 0.1) is 17.8 Å².